The van der Waals surface area contributed by atoms with Crippen molar-refractivity contribution in [3.63, 3.8) is 0 Å². The summed E-state index contributed by atoms with van der Waals surface area (Å²) in [6.07, 6.45) is 2.66. The van der Waals surface area contributed by atoms with Crippen molar-refractivity contribution in [3.8, 4) is 0 Å². The molecule has 0 aliphatic rings. The average Bonchev–Trinajstić information content (AvgIpc) is 1.67. The zero-order chi connectivity index (χ0) is 92.9. The molecule has 0 radical (unpaired) electrons. The third-order valence-corrected chi connectivity index (χ3v) is 20.2. The number of carbonyl (C=O) groups excluding carboxylic acids is 17. The molecule has 692 valence electrons. The number of para-hydroxylation sites is 1. The van der Waals surface area contributed by atoms with E-state index in [0.29, 0.717) is 62.6 Å². The van der Waals surface area contributed by atoms with Gasteiger partial charge in [-0.25, -0.2) is 0 Å². The van der Waals surface area contributed by atoms with Gasteiger partial charge in [-0.1, -0.05) is 104 Å². The lowest BCUT2D eigenvalue weighted by Crippen LogP contribution is -2.60. The standard InChI is InChI=1S/C84H138N22O18/c1-46(2)39-62(104-84(124)71(51(10)107)95-52(11)108)79(119)99-60(32-20-24-38-88)76(116)100-61(33-34-66(89)109)77(117)102-64(41-53-25-13-12-14-26-53)78(118)94-50(9)73(113)98-58(30-18-22-36-86)74(114)92-45-68(111)105-69(48(5)6)82(122)93-44-67(110)96-59(31-19-23-37-87)75(115)103-65(42-54-43-91-56-28-16-15-27-55(54)56)80(120)101-63(40-47(3)4)81(121)106-70(49(7)8)83(123)97-57(72(90)112)29-17-21-35-85/h12-16,25-28,43,46-51,57-65,69-71,91,107H,17-24,29-42,44-45,85-88H2,1-11H3,(H2,89,109)(H2,90,112)(H,92,114)(H,93,122)(H,94,118)(H,95,108)(H,96,110)(H,97,123)(H,98,113)(H,99,119)(H,100,116)(H,101,120)(H,102,117)(H,103,115)(H,104,124)(H,105,111)(H,106,121)/t50-,51+,57-,58-,59-,60-,61-,62-,63-,64-,65-,69-,70-,71-/m0/s1. The van der Waals surface area contributed by atoms with Gasteiger partial charge in [-0.2, -0.15) is 0 Å². The summed E-state index contributed by atoms with van der Waals surface area (Å²) < 4.78 is 0. The number of amides is 17. The Morgan fingerprint density at radius 1 is 0.363 bits per heavy atom. The topological polar surface area (TPSA) is 663 Å². The van der Waals surface area contributed by atoms with Gasteiger partial charge in [0.1, 0.15) is 78.5 Å². The number of rotatable bonds is 60. The number of aliphatic hydroxyl groups is 1. The van der Waals surface area contributed by atoms with Gasteiger partial charge in [0.25, 0.3) is 0 Å². The van der Waals surface area contributed by atoms with Crippen LogP contribution in [0, 0.1) is 23.7 Å². The smallest absolute Gasteiger partial charge is 0.245 e. The molecule has 0 aliphatic heterocycles. The molecule has 0 bridgehead atoms. The number of hydrogen-bond donors (Lipinski definition) is 23. The molecule has 0 unspecified atom stereocenters. The Morgan fingerprint density at radius 2 is 0.742 bits per heavy atom. The van der Waals surface area contributed by atoms with Crippen LogP contribution in [0.2, 0.25) is 0 Å². The Labute approximate surface area is 725 Å². The lowest BCUT2D eigenvalue weighted by atomic mass is 9.98. The van der Waals surface area contributed by atoms with Gasteiger partial charge in [0, 0.05) is 43.3 Å². The van der Waals surface area contributed by atoms with Crippen LogP contribution in [0.25, 0.3) is 10.9 Å². The van der Waals surface area contributed by atoms with Crippen LogP contribution in [0.4, 0.5) is 0 Å². The molecule has 14 atom stereocenters. The SMILES string of the molecule is CC(=O)N[C@H](C(=O)N[C@@H](CC(C)C)C(=O)N[C@@H](CCCCN)C(=O)N[C@@H](CCC(N)=O)C(=O)N[C@@H](Cc1ccccc1)C(=O)N[C@@H](C)C(=O)N[C@@H](CCCCN)C(=O)NCC(=O)N[C@H](C(=O)NCC(=O)N[C@@H](CCCCN)C(=O)N[C@@H](Cc1c[nH]c2ccccc12)C(=O)N[C@@H](CC(C)C)C(=O)N[C@H](C(=O)N[C@@H](CCCCN)C(N)=O)C(C)C)C(C)C)[C@@H](C)O. The minimum Gasteiger partial charge on any atom is -0.391 e. The van der Waals surface area contributed by atoms with E-state index in [2.05, 4.69) is 84.7 Å². The molecular weight excluding hydrogens is 1610 g/mol. The van der Waals surface area contributed by atoms with Gasteiger partial charge in [-0.05, 0) is 177 Å². The molecule has 40 heteroatoms. The van der Waals surface area contributed by atoms with Gasteiger partial charge in [0.15, 0.2) is 0 Å². The Bertz CT molecular complexity index is 3990. The van der Waals surface area contributed by atoms with Crippen molar-refractivity contribution < 1.29 is 86.6 Å². The number of H-pyrrole nitrogens is 1. The molecule has 1 aromatic heterocycles. The van der Waals surface area contributed by atoms with Gasteiger partial charge in [-0.3, -0.25) is 81.5 Å². The number of nitrogens with one attached hydrogen (secondary N) is 16. The van der Waals surface area contributed by atoms with Crippen LogP contribution in [0.3, 0.4) is 0 Å². The van der Waals surface area contributed by atoms with E-state index in [0.717, 1.165) is 17.8 Å². The highest BCUT2D eigenvalue weighted by Crippen LogP contribution is 2.21. The van der Waals surface area contributed by atoms with E-state index in [1.165, 1.54) is 13.8 Å². The van der Waals surface area contributed by atoms with E-state index in [1.807, 2.05) is 32.0 Å². The number of nitrogens with two attached hydrogens (primary N) is 6. The number of unbranched alkanes of at least 4 members (excludes halogenated alkanes) is 4. The van der Waals surface area contributed by atoms with Crippen molar-refractivity contribution in [1.29, 1.82) is 0 Å². The second-order valence-electron chi connectivity index (χ2n) is 32.8. The van der Waals surface area contributed by atoms with Gasteiger partial charge in [-0.15, -0.1) is 0 Å². The summed E-state index contributed by atoms with van der Waals surface area (Å²) in [4.78, 5) is 238. The first-order valence-electron chi connectivity index (χ1n) is 42.7. The van der Waals surface area contributed by atoms with Gasteiger partial charge < -0.3 is 124 Å². The first kappa shape index (κ1) is 107. The first-order valence-corrected chi connectivity index (χ1v) is 42.7. The lowest BCUT2D eigenvalue weighted by molar-refractivity contribution is -0.136. The molecule has 40 nitrogen and oxygen atoms in total. The van der Waals surface area contributed by atoms with E-state index in [4.69, 9.17) is 34.4 Å². The normalized spacial score (nSPS) is 14.7. The van der Waals surface area contributed by atoms with Crippen LogP contribution in [-0.2, 0) is 94.3 Å². The summed E-state index contributed by atoms with van der Waals surface area (Å²) in [5, 5.41) is 50.1. The Kier molecular flexibility index (Phi) is 48.7. The molecule has 0 saturated heterocycles. The summed E-state index contributed by atoms with van der Waals surface area (Å²) in [6, 6.07) is -1.87. The minimum atomic E-state index is -1.59. The van der Waals surface area contributed by atoms with Crippen molar-refractivity contribution in [2.45, 2.75) is 276 Å². The van der Waals surface area contributed by atoms with Gasteiger partial charge in [0.05, 0.1) is 19.2 Å². The van der Waals surface area contributed by atoms with E-state index in [9.17, 15) is 86.6 Å². The van der Waals surface area contributed by atoms with Crippen LogP contribution < -0.4 is 114 Å². The molecule has 29 N–H and O–H groups in total. The highest BCUT2D eigenvalue weighted by atomic mass is 16.3. The Hall–Kier alpha value is -11.2. The molecule has 124 heavy (non-hydrogen) atoms. The third kappa shape index (κ3) is 39.5. The van der Waals surface area contributed by atoms with Crippen LogP contribution in [0.15, 0.2) is 60.8 Å². The Balaban J connectivity index is 1.83. The molecule has 0 spiro atoms. The maximum Gasteiger partial charge on any atom is 0.245 e. The van der Waals surface area contributed by atoms with Gasteiger partial charge >= 0.3 is 0 Å². The van der Waals surface area contributed by atoms with Crippen LogP contribution in [0.5, 0.6) is 0 Å². The van der Waals surface area contributed by atoms with E-state index in [-0.39, 0.29) is 89.3 Å². The summed E-state index contributed by atoms with van der Waals surface area (Å²) in [5.41, 5.74) is 36.1. The molecule has 0 aliphatic carbocycles. The molecule has 0 saturated carbocycles. The summed E-state index contributed by atoms with van der Waals surface area (Å²) in [5.74, 6) is -15.6. The number of benzene rings is 2. The molecule has 17 amide bonds. The molecule has 0 fully saturated rings. The number of aromatic nitrogens is 1. The fourth-order valence-corrected chi connectivity index (χ4v) is 13.4. The van der Waals surface area contributed by atoms with Crippen molar-refractivity contribution in [2.75, 3.05) is 39.3 Å². The summed E-state index contributed by atoms with van der Waals surface area (Å²) >= 11 is 0. The highest BCUT2D eigenvalue weighted by molar-refractivity contribution is 6.01. The second kappa shape index (κ2) is 56.5. The second-order valence-corrected chi connectivity index (χ2v) is 32.8. The summed E-state index contributed by atoms with van der Waals surface area (Å²) in [7, 11) is 0. The lowest BCUT2D eigenvalue weighted by Gasteiger charge is -2.29. The quantitative estimate of drug-likeness (QED) is 0.0245. The highest BCUT2D eigenvalue weighted by Gasteiger charge is 2.39. The zero-order valence-electron chi connectivity index (χ0n) is 73.5. The molecule has 3 rings (SSSR count). The molecule has 3 aromatic rings. The van der Waals surface area contributed by atoms with Crippen molar-refractivity contribution in [3.05, 3.63) is 71.9 Å². The monoisotopic (exact) mass is 1740 g/mol. The number of hydrogen-bond acceptors (Lipinski definition) is 22. The maximum absolute atomic E-state index is 14.8. The average molecular weight is 1740 g/mol. The molecule has 2 aromatic carbocycles. The number of aromatic amines is 1. The third-order valence-electron chi connectivity index (χ3n) is 20.2. The first-order chi connectivity index (χ1) is 58.6. The van der Waals surface area contributed by atoms with E-state index in [1.54, 1.807) is 84.1 Å². The predicted molar refractivity (Wildman–Crippen MR) is 464 cm³/mol. The summed E-state index contributed by atoms with van der Waals surface area (Å²) in [6.45, 7) is 17.0. The molecular formula is C84H138N22O18. The van der Waals surface area contributed by atoms with E-state index >= 15 is 0 Å². The Morgan fingerprint density at radius 3 is 1.23 bits per heavy atom. The van der Waals surface area contributed by atoms with E-state index < -0.39 is 223 Å². The maximum atomic E-state index is 14.8. The fourth-order valence-electron chi connectivity index (χ4n) is 13.4. The predicted octanol–water partition coefficient (Wildman–Crippen LogP) is -3.42. The minimum absolute atomic E-state index is 0.0116. The largest absolute Gasteiger partial charge is 0.391 e. The van der Waals surface area contributed by atoms with Crippen molar-refractivity contribution in [2.24, 2.45) is 58.1 Å². The van der Waals surface area contributed by atoms with Gasteiger partial charge in [0.2, 0.25) is 100 Å². The van der Waals surface area contributed by atoms with Crippen LogP contribution in [0.1, 0.15) is 190 Å². The zero-order valence-corrected chi connectivity index (χ0v) is 73.5. The number of primary amides is 2. The van der Waals surface area contributed by atoms with Crippen LogP contribution in [-0.4, -0.2) is 234 Å². The van der Waals surface area contributed by atoms with Crippen molar-refractivity contribution >= 4 is 111 Å². The number of fused-ring (bicyclic) bond motifs is 1. The fraction of sp³-hybridized carbons (Fsp3) is 0.631. The van der Waals surface area contributed by atoms with Crippen LogP contribution >= 0.6 is 0 Å². The number of aliphatic hydroxyl groups excluding tert-OH is 1. The van der Waals surface area contributed by atoms with Crippen molar-refractivity contribution in [1.82, 2.24) is 84.7 Å². The number of carbonyl (C=O) groups is 17. The molecule has 1 heterocycles.